The van der Waals surface area contributed by atoms with Crippen LogP contribution in [-0.4, -0.2) is 17.1 Å². The van der Waals surface area contributed by atoms with E-state index in [9.17, 15) is 0 Å². The maximum atomic E-state index is 5.41. The number of aromatic nitrogens is 2. The van der Waals surface area contributed by atoms with Crippen LogP contribution in [0.15, 0.2) is 54.6 Å². The third kappa shape index (κ3) is 4.03. The minimum Gasteiger partial charge on any atom is -1.00 e. The maximum absolute atomic E-state index is 5.41. The van der Waals surface area contributed by atoms with Crippen LogP contribution < -0.4 is 22.5 Å². The van der Waals surface area contributed by atoms with E-state index < -0.39 is 0 Å². The highest BCUT2D eigenvalue weighted by atomic mass is 35.5. The van der Waals surface area contributed by atoms with E-state index in [1.807, 2.05) is 68.4 Å². The Bertz CT molecular complexity index is 822. The van der Waals surface area contributed by atoms with Crippen molar-refractivity contribution in [2.24, 2.45) is 0 Å². The quantitative estimate of drug-likeness (QED) is 0.782. The summed E-state index contributed by atoms with van der Waals surface area (Å²) in [6.07, 6.45) is 0. The molecular weight excluding hydrogens is 322 g/mol. The zero-order chi connectivity index (χ0) is 16.2. The van der Waals surface area contributed by atoms with Gasteiger partial charge >= 0.3 is 0 Å². The largest absolute Gasteiger partial charge is 1.00 e. The lowest BCUT2D eigenvalue weighted by Gasteiger charge is -2.12. The Morgan fingerprint density at radius 3 is 2.38 bits per heavy atom. The number of rotatable bonds is 4. The van der Waals surface area contributed by atoms with Gasteiger partial charge < -0.3 is 22.5 Å². The predicted molar refractivity (Wildman–Crippen MR) is 93.2 cm³/mol. The first-order valence-corrected chi connectivity index (χ1v) is 7.48. The van der Waals surface area contributed by atoms with Crippen LogP contribution in [0.3, 0.4) is 0 Å². The van der Waals surface area contributed by atoms with E-state index in [1.54, 1.807) is 7.11 Å². The van der Waals surface area contributed by atoms with Crippen molar-refractivity contribution < 1.29 is 17.1 Å². The second-order valence-corrected chi connectivity index (χ2v) is 5.38. The third-order valence-electron chi connectivity index (χ3n) is 3.53. The van der Waals surface area contributed by atoms with Crippen LogP contribution in [0.1, 0.15) is 11.4 Å². The van der Waals surface area contributed by atoms with E-state index in [4.69, 9.17) is 4.74 Å². The first kappa shape index (κ1) is 17.8. The zero-order valence-electron chi connectivity index (χ0n) is 13.9. The Morgan fingerprint density at radius 1 is 0.917 bits per heavy atom. The van der Waals surface area contributed by atoms with E-state index in [2.05, 4.69) is 15.3 Å². The van der Waals surface area contributed by atoms with E-state index >= 15 is 0 Å². The molecular formula is C19H19ClN3O-. The molecule has 4 nitrogen and oxygen atoms in total. The summed E-state index contributed by atoms with van der Waals surface area (Å²) < 4.78 is 5.41. The first-order valence-electron chi connectivity index (χ1n) is 7.48. The van der Waals surface area contributed by atoms with E-state index in [-0.39, 0.29) is 12.4 Å². The van der Waals surface area contributed by atoms with Crippen molar-refractivity contribution >= 4 is 11.5 Å². The van der Waals surface area contributed by atoms with Gasteiger partial charge in [0.05, 0.1) is 18.5 Å². The van der Waals surface area contributed by atoms with Gasteiger partial charge in [0.15, 0.2) is 0 Å². The van der Waals surface area contributed by atoms with Crippen molar-refractivity contribution in [3.63, 3.8) is 0 Å². The molecule has 0 fully saturated rings. The van der Waals surface area contributed by atoms with Gasteiger partial charge in [-0.25, -0.2) is 9.97 Å². The van der Waals surface area contributed by atoms with Crippen LogP contribution in [-0.2, 0) is 0 Å². The van der Waals surface area contributed by atoms with Crippen molar-refractivity contribution in [2.75, 3.05) is 12.4 Å². The summed E-state index contributed by atoms with van der Waals surface area (Å²) in [5, 5.41) is 3.34. The monoisotopic (exact) mass is 340 g/mol. The Morgan fingerprint density at radius 2 is 1.67 bits per heavy atom. The lowest BCUT2D eigenvalue weighted by Crippen LogP contribution is -3.00. The summed E-state index contributed by atoms with van der Waals surface area (Å²) in [6.45, 7) is 3.94. The van der Waals surface area contributed by atoms with Gasteiger partial charge in [0.25, 0.3) is 0 Å². The molecule has 0 bridgehead atoms. The molecule has 0 aliphatic rings. The van der Waals surface area contributed by atoms with Gasteiger partial charge in [-0.2, -0.15) is 0 Å². The van der Waals surface area contributed by atoms with Crippen LogP contribution in [0.2, 0.25) is 0 Å². The SMILES string of the molecule is COc1ccc(C)cc1Nc1cc(-c2ccccc2)nc(C)n1.[Cl-]. The molecule has 3 rings (SSSR count). The van der Waals surface area contributed by atoms with Crippen LogP contribution in [0, 0.1) is 13.8 Å². The molecule has 0 aliphatic heterocycles. The fraction of sp³-hybridized carbons (Fsp3) is 0.158. The van der Waals surface area contributed by atoms with Gasteiger partial charge in [0, 0.05) is 11.6 Å². The molecule has 5 heteroatoms. The van der Waals surface area contributed by atoms with Gasteiger partial charge in [-0.3, -0.25) is 0 Å². The summed E-state index contributed by atoms with van der Waals surface area (Å²) in [6, 6.07) is 18.0. The van der Waals surface area contributed by atoms with Crippen molar-refractivity contribution in [1.82, 2.24) is 9.97 Å². The normalized spacial score (nSPS) is 9.96. The molecule has 2 aromatic carbocycles. The number of ether oxygens (including phenoxy) is 1. The molecule has 0 atom stereocenters. The van der Waals surface area contributed by atoms with Gasteiger partial charge in [-0.1, -0.05) is 36.4 Å². The smallest absolute Gasteiger partial charge is 0.142 e. The van der Waals surface area contributed by atoms with Gasteiger partial charge in [0.1, 0.15) is 17.4 Å². The minimum absolute atomic E-state index is 0. The Kier molecular flexibility index (Phi) is 5.77. The summed E-state index contributed by atoms with van der Waals surface area (Å²) in [5.74, 6) is 2.26. The van der Waals surface area contributed by atoms with Gasteiger partial charge in [-0.05, 0) is 31.5 Å². The number of benzene rings is 2. The van der Waals surface area contributed by atoms with Gasteiger partial charge in [0.2, 0.25) is 0 Å². The molecule has 0 saturated carbocycles. The maximum Gasteiger partial charge on any atom is 0.142 e. The lowest BCUT2D eigenvalue weighted by atomic mass is 10.1. The molecule has 1 aromatic heterocycles. The summed E-state index contributed by atoms with van der Waals surface area (Å²) in [7, 11) is 1.66. The van der Waals surface area contributed by atoms with Crippen molar-refractivity contribution in [2.45, 2.75) is 13.8 Å². The van der Waals surface area contributed by atoms with Crippen LogP contribution in [0.4, 0.5) is 11.5 Å². The molecule has 0 radical (unpaired) electrons. The minimum atomic E-state index is 0. The summed E-state index contributed by atoms with van der Waals surface area (Å²) >= 11 is 0. The summed E-state index contributed by atoms with van der Waals surface area (Å²) in [5.41, 5.74) is 4.01. The Labute approximate surface area is 148 Å². The fourth-order valence-electron chi connectivity index (χ4n) is 2.45. The molecule has 0 saturated heterocycles. The zero-order valence-corrected chi connectivity index (χ0v) is 14.6. The number of hydrogen-bond acceptors (Lipinski definition) is 4. The molecule has 0 spiro atoms. The number of nitrogens with one attached hydrogen (secondary N) is 1. The summed E-state index contributed by atoms with van der Waals surface area (Å²) in [4.78, 5) is 9.01. The number of halogens is 1. The second kappa shape index (κ2) is 7.79. The number of nitrogens with zero attached hydrogens (tertiary/aromatic N) is 2. The second-order valence-electron chi connectivity index (χ2n) is 5.38. The molecule has 24 heavy (non-hydrogen) atoms. The first-order chi connectivity index (χ1) is 11.2. The lowest BCUT2D eigenvalue weighted by molar-refractivity contribution is -0.00000524. The predicted octanol–water partition coefficient (Wildman–Crippen LogP) is 1.52. The number of methoxy groups -OCH3 is 1. The number of anilines is 2. The highest BCUT2D eigenvalue weighted by Crippen LogP contribution is 2.29. The van der Waals surface area contributed by atoms with Crippen molar-refractivity contribution in [1.29, 1.82) is 0 Å². The fourth-order valence-corrected chi connectivity index (χ4v) is 2.45. The van der Waals surface area contributed by atoms with E-state index in [0.29, 0.717) is 0 Å². The van der Waals surface area contributed by atoms with Crippen molar-refractivity contribution in [3.05, 3.63) is 66.0 Å². The molecule has 1 heterocycles. The molecule has 124 valence electrons. The Balaban J connectivity index is 0.00000208. The average molecular weight is 341 g/mol. The molecule has 3 aromatic rings. The van der Waals surface area contributed by atoms with Gasteiger partial charge in [-0.15, -0.1) is 0 Å². The Hall–Kier alpha value is -2.59. The molecule has 0 amide bonds. The van der Waals surface area contributed by atoms with Crippen LogP contribution in [0.5, 0.6) is 5.75 Å². The highest BCUT2D eigenvalue weighted by Gasteiger charge is 2.08. The molecule has 0 unspecified atom stereocenters. The highest BCUT2D eigenvalue weighted by molar-refractivity contribution is 5.69. The third-order valence-corrected chi connectivity index (χ3v) is 3.53. The molecule has 0 aliphatic carbocycles. The number of hydrogen-bond donors (Lipinski definition) is 1. The topological polar surface area (TPSA) is 47.0 Å². The average Bonchev–Trinajstić information content (AvgIpc) is 2.55. The van der Waals surface area contributed by atoms with E-state index in [0.717, 1.165) is 39.9 Å². The molecule has 1 N–H and O–H groups in total. The van der Waals surface area contributed by atoms with Crippen LogP contribution in [0.25, 0.3) is 11.3 Å². The number of aryl methyl sites for hydroxylation is 2. The van der Waals surface area contributed by atoms with Crippen molar-refractivity contribution in [3.8, 4) is 17.0 Å². The van der Waals surface area contributed by atoms with Crippen LogP contribution >= 0.6 is 0 Å². The standard InChI is InChI=1S/C19H19N3O.ClH/c1-13-9-10-18(23-3)17(11-13)22-19-12-16(20-14(2)21-19)15-7-5-4-6-8-15;/h4-12H,1-3H3,(H,20,21,22);1H/p-1. The van der Waals surface area contributed by atoms with E-state index in [1.165, 1.54) is 0 Å².